The van der Waals surface area contributed by atoms with E-state index in [0.717, 1.165) is 36.0 Å². The van der Waals surface area contributed by atoms with Crippen molar-refractivity contribution < 1.29 is 9.53 Å². The van der Waals surface area contributed by atoms with Crippen LogP contribution in [-0.4, -0.2) is 36.1 Å². The second-order valence-electron chi connectivity index (χ2n) is 6.16. The lowest BCUT2D eigenvalue weighted by Crippen LogP contribution is -2.31. The highest BCUT2D eigenvalue weighted by atomic mass is 16.5. The fourth-order valence-corrected chi connectivity index (χ4v) is 3.00. The lowest BCUT2D eigenvalue weighted by atomic mass is 10.1. The van der Waals surface area contributed by atoms with E-state index in [-0.39, 0.29) is 12.3 Å². The maximum Gasteiger partial charge on any atom is 0.225 e. The first-order valence-corrected chi connectivity index (χ1v) is 8.72. The third kappa shape index (κ3) is 4.68. The molecule has 25 heavy (non-hydrogen) atoms. The predicted octanol–water partition coefficient (Wildman–Crippen LogP) is 2.33. The number of ether oxygens (including phenoxy) is 1. The summed E-state index contributed by atoms with van der Waals surface area (Å²) in [6.07, 6.45) is 5.69. The van der Waals surface area contributed by atoms with Crippen LogP contribution >= 0.6 is 0 Å². The topological polar surface area (TPSA) is 67.3 Å². The molecule has 6 nitrogen and oxygen atoms in total. The van der Waals surface area contributed by atoms with E-state index >= 15 is 0 Å². The summed E-state index contributed by atoms with van der Waals surface area (Å²) in [4.78, 5) is 23.4. The smallest absolute Gasteiger partial charge is 0.225 e. The molecule has 1 saturated heterocycles. The molecular weight excluding hydrogens is 316 g/mol. The number of hydrogen-bond acceptors (Lipinski definition) is 5. The van der Waals surface area contributed by atoms with Crippen molar-refractivity contribution in [3.63, 3.8) is 0 Å². The van der Waals surface area contributed by atoms with Crippen LogP contribution < -0.4 is 15.0 Å². The molecule has 1 N–H and O–H groups in total. The minimum absolute atomic E-state index is 0.0531. The van der Waals surface area contributed by atoms with E-state index < -0.39 is 0 Å². The summed E-state index contributed by atoms with van der Waals surface area (Å²) in [5.41, 5.74) is 1.70. The lowest BCUT2D eigenvalue weighted by Gasteiger charge is -2.26. The molecule has 132 valence electrons. The molecule has 1 aliphatic rings. The van der Waals surface area contributed by atoms with Crippen LogP contribution in [0.15, 0.2) is 36.5 Å². The van der Waals surface area contributed by atoms with Crippen LogP contribution in [0.1, 0.15) is 30.5 Å². The van der Waals surface area contributed by atoms with Gasteiger partial charge in [-0.1, -0.05) is 18.2 Å². The molecule has 0 radical (unpaired) electrons. The Hall–Kier alpha value is -2.63. The summed E-state index contributed by atoms with van der Waals surface area (Å²) >= 11 is 0. The van der Waals surface area contributed by atoms with Gasteiger partial charge in [-0.3, -0.25) is 4.79 Å². The minimum atomic E-state index is -0.0531. The van der Waals surface area contributed by atoms with Crippen molar-refractivity contribution in [2.45, 2.75) is 32.2 Å². The van der Waals surface area contributed by atoms with Gasteiger partial charge in [0.2, 0.25) is 11.9 Å². The molecule has 0 unspecified atom stereocenters. The summed E-state index contributed by atoms with van der Waals surface area (Å²) in [5.74, 6) is 1.44. The molecule has 1 aliphatic heterocycles. The van der Waals surface area contributed by atoms with E-state index in [0.29, 0.717) is 6.54 Å². The summed E-state index contributed by atoms with van der Waals surface area (Å²) < 4.78 is 5.29. The molecule has 0 aliphatic carbocycles. The molecule has 1 fully saturated rings. The van der Waals surface area contributed by atoms with Crippen molar-refractivity contribution in [2.24, 2.45) is 0 Å². The number of anilines is 1. The molecule has 2 heterocycles. The van der Waals surface area contributed by atoms with Crippen LogP contribution in [0.3, 0.4) is 0 Å². The van der Waals surface area contributed by atoms with Gasteiger partial charge in [0.15, 0.2) is 0 Å². The number of para-hydroxylation sites is 1. The number of aromatic nitrogens is 2. The number of amides is 1. The van der Waals surface area contributed by atoms with Crippen LogP contribution in [-0.2, 0) is 17.8 Å². The van der Waals surface area contributed by atoms with Gasteiger partial charge in [0.05, 0.1) is 25.8 Å². The monoisotopic (exact) mass is 340 g/mol. The summed E-state index contributed by atoms with van der Waals surface area (Å²) in [6.45, 7) is 2.41. The zero-order chi connectivity index (χ0) is 17.5. The second-order valence-corrected chi connectivity index (χ2v) is 6.16. The van der Waals surface area contributed by atoms with E-state index in [1.54, 1.807) is 13.3 Å². The Labute approximate surface area is 148 Å². The highest BCUT2D eigenvalue weighted by molar-refractivity contribution is 5.79. The molecule has 2 aromatic rings. The third-order valence-corrected chi connectivity index (χ3v) is 4.35. The number of methoxy groups -OCH3 is 1. The van der Waals surface area contributed by atoms with Crippen LogP contribution in [0, 0.1) is 0 Å². The predicted molar refractivity (Wildman–Crippen MR) is 96.6 cm³/mol. The average Bonchev–Trinajstić information content (AvgIpc) is 2.68. The Morgan fingerprint density at radius 1 is 1.20 bits per heavy atom. The fraction of sp³-hybridized carbons (Fsp3) is 0.421. The van der Waals surface area contributed by atoms with Gasteiger partial charge in [-0.05, 0) is 31.4 Å². The molecule has 1 amide bonds. The van der Waals surface area contributed by atoms with Crippen LogP contribution in [0.2, 0.25) is 0 Å². The van der Waals surface area contributed by atoms with Gasteiger partial charge < -0.3 is 15.0 Å². The van der Waals surface area contributed by atoms with Gasteiger partial charge in [-0.25, -0.2) is 9.97 Å². The van der Waals surface area contributed by atoms with Crippen molar-refractivity contribution in [3.8, 4) is 5.75 Å². The van der Waals surface area contributed by atoms with Gasteiger partial charge in [0, 0.05) is 24.8 Å². The second kappa shape index (κ2) is 8.46. The van der Waals surface area contributed by atoms with E-state index in [4.69, 9.17) is 4.74 Å². The first-order valence-electron chi connectivity index (χ1n) is 8.72. The molecule has 0 bridgehead atoms. The Kier molecular flexibility index (Phi) is 5.82. The van der Waals surface area contributed by atoms with Crippen molar-refractivity contribution in [1.29, 1.82) is 0 Å². The van der Waals surface area contributed by atoms with Gasteiger partial charge >= 0.3 is 0 Å². The van der Waals surface area contributed by atoms with Crippen molar-refractivity contribution in [3.05, 3.63) is 47.8 Å². The minimum Gasteiger partial charge on any atom is -0.496 e. The summed E-state index contributed by atoms with van der Waals surface area (Å²) in [7, 11) is 1.61. The standard InChI is InChI=1S/C19H24N4O2/c1-25-17-8-4-3-7-15(17)13-18(24)21-14-16-9-10-20-19(22-16)23-11-5-2-6-12-23/h3-4,7-10H,2,5-6,11-14H2,1H3,(H,21,24). The van der Waals surface area contributed by atoms with E-state index in [2.05, 4.69) is 20.2 Å². The number of carbonyl (C=O) groups is 1. The number of piperidine rings is 1. The molecule has 6 heteroatoms. The van der Waals surface area contributed by atoms with Crippen LogP contribution in [0.4, 0.5) is 5.95 Å². The first kappa shape index (κ1) is 17.2. The zero-order valence-corrected chi connectivity index (χ0v) is 14.6. The number of hydrogen-bond donors (Lipinski definition) is 1. The summed E-state index contributed by atoms with van der Waals surface area (Å²) in [6, 6.07) is 9.40. The van der Waals surface area contributed by atoms with Crippen LogP contribution in [0.5, 0.6) is 5.75 Å². The molecular formula is C19H24N4O2. The van der Waals surface area contributed by atoms with Gasteiger partial charge in [0.1, 0.15) is 5.75 Å². The SMILES string of the molecule is COc1ccccc1CC(=O)NCc1ccnc(N2CCCCC2)n1. The molecule has 3 rings (SSSR count). The number of nitrogens with one attached hydrogen (secondary N) is 1. The zero-order valence-electron chi connectivity index (χ0n) is 14.6. The average molecular weight is 340 g/mol. The van der Waals surface area contributed by atoms with E-state index in [1.165, 1.54) is 19.3 Å². The Balaban J connectivity index is 1.57. The number of carbonyl (C=O) groups excluding carboxylic acids is 1. The van der Waals surface area contributed by atoms with Gasteiger partial charge in [-0.15, -0.1) is 0 Å². The number of benzene rings is 1. The quantitative estimate of drug-likeness (QED) is 0.874. The fourth-order valence-electron chi connectivity index (χ4n) is 3.00. The molecule has 1 aromatic heterocycles. The Morgan fingerprint density at radius 2 is 2.00 bits per heavy atom. The summed E-state index contributed by atoms with van der Waals surface area (Å²) in [5, 5.41) is 2.93. The highest BCUT2D eigenvalue weighted by Crippen LogP contribution is 2.18. The Morgan fingerprint density at radius 3 is 2.80 bits per heavy atom. The first-order chi connectivity index (χ1) is 12.3. The number of rotatable bonds is 6. The molecule has 1 aromatic carbocycles. The van der Waals surface area contributed by atoms with Gasteiger partial charge in [0.25, 0.3) is 0 Å². The van der Waals surface area contributed by atoms with E-state index in [1.807, 2.05) is 30.3 Å². The maximum atomic E-state index is 12.2. The van der Waals surface area contributed by atoms with Crippen molar-refractivity contribution in [1.82, 2.24) is 15.3 Å². The van der Waals surface area contributed by atoms with Crippen molar-refractivity contribution in [2.75, 3.05) is 25.1 Å². The third-order valence-electron chi connectivity index (χ3n) is 4.35. The molecule has 0 spiro atoms. The number of nitrogens with zero attached hydrogens (tertiary/aromatic N) is 3. The normalized spacial score (nSPS) is 14.2. The van der Waals surface area contributed by atoms with E-state index in [9.17, 15) is 4.79 Å². The largest absolute Gasteiger partial charge is 0.496 e. The highest BCUT2D eigenvalue weighted by Gasteiger charge is 2.14. The Bertz CT molecular complexity index is 714. The van der Waals surface area contributed by atoms with Crippen molar-refractivity contribution >= 4 is 11.9 Å². The molecule has 0 saturated carbocycles. The maximum absolute atomic E-state index is 12.2. The van der Waals surface area contributed by atoms with Crippen LogP contribution in [0.25, 0.3) is 0 Å². The van der Waals surface area contributed by atoms with Gasteiger partial charge in [-0.2, -0.15) is 0 Å². The lowest BCUT2D eigenvalue weighted by molar-refractivity contribution is -0.120. The molecule has 0 atom stereocenters.